The van der Waals surface area contributed by atoms with E-state index in [0.29, 0.717) is 41.9 Å². The van der Waals surface area contributed by atoms with Crippen molar-refractivity contribution in [2.24, 2.45) is 5.92 Å². The molecule has 1 saturated carbocycles. The molecule has 0 saturated heterocycles. The van der Waals surface area contributed by atoms with E-state index in [9.17, 15) is 8.78 Å². The van der Waals surface area contributed by atoms with E-state index in [1.54, 1.807) is 18.3 Å². The summed E-state index contributed by atoms with van der Waals surface area (Å²) in [5.74, 6) is -0.336. The minimum Gasteiger partial charge on any atom is -0.477 e. The molecule has 5 rings (SSSR count). The Hall–Kier alpha value is -3.28. The molecular weight excluding hydrogens is 396 g/mol. The van der Waals surface area contributed by atoms with Gasteiger partial charge < -0.3 is 9.30 Å². The average molecular weight is 419 g/mol. The third kappa shape index (κ3) is 3.90. The van der Waals surface area contributed by atoms with Crippen LogP contribution in [0.5, 0.6) is 5.88 Å². The number of nitrogens with zero attached hydrogens (tertiary/aromatic N) is 3. The van der Waals surface area contributed by atoms with Gasteiger partial charge >= 0.3 is 0 Å². The summed E-state index contributed by atoms with van der Waals surface area (Å²) < 4.78 is 36.5. The van der Waals surface area contributed by atoms with Crippen molar-refractivity contribution in [2.75, 3.05) is 6.61 Å². The summed E-state index contributed by atoms with van der Waals surface area (Å²) in [6.45, 7) is 1.07. The lowest BCUT2D eigenvalue weighted by atomic mass is 10.1. The average Bonchev–Trinajstić information content (AvgIpc) is 3.44. The maximum atomic E-state index is 14.6. The zero-order valence-corrected chi connectivity index (χ0v) is 17.1. The molecule has 1 aliphatic rings. The van der Waals surface area contributed by atoms with E-state index in [0.717, 1.165) is 11.6 Å². The monoisotopic (exact) mass is 419 g/mol. The van der Waals surface area contributed by atoms with E-state index >= 15 is 0 Å². The second-order valence-electron chi connectivity index (χ2n) is 8.05. The highest BCUT2D eigenvalue weighted by atomic mass is 19.2. The first kappa shape index (κ1) is 19.7. The van der Waals surface area contributed by atoms with Crippen molar-refractivity contribution < 1.29 is 13.5 Å². The van der Waals surface area contributed by atoms with E-state index in [1.165, 1.54) is 25.7 Å². The molecule has 6 heteroatoms. The lowest BCUT2D eigenvalue weighted by molar-refractivity contribution is 0.244. The van der Waals surface area contributed by atoms with Crippen LogP contribution in [0.15, 0.2) is 60.8 Å². The van der Waals surface area contributed by atoms with Crippen LogP contribution in [0.2, 0.25) is 0 Å². The summed E-state index contributed by atoms with van der Waals surface area (Å²) in [6.07, 6.45) is 6.48. The zero-order valence-electron chi connectivity index (χ0n) is 17.1. The number of rotatable bonds is 6. The number of benzene rings is 2. The fourth-order valence-electron chi connectivity index (χ4n) is 4.32. The molecule has 0 bridgehead atoms. The van der Waals surface area contributed by atoms with Crippen LogP contribution in [0.25, 0.3) is 22.4 Å². The van der Waals surface area contributed by atoms with Gasteiger partial charge in [-0.2, -0.15) is 0 Å². The van der Waals surface area contributed by atoms with Crippen LogP contribution in [0.1, 0.15) is 31.2 Å². The Morgan fingerprint density at radius 2 is 1.77 bits per heavy atom. The van der Waals surface area contributed by atoms with Crippen LogP contribution in [0.4, 0.5) is 8.78 Å². The third-order valence-electron chi connectivity index (χ3n) is 5.94. The molecule has 0 N–H and O–H groups in total. The first-order valence-electron chi connectivity index (χ1n) is 10.7. The van der Waals surface area contributed by atoms with Crippen molar-refractivity contribution in [1.29, 1.82) is 0 Å². The van der Waals surface area contributed by atoms with E-state index in [-0.39, 0.29) is 5.52 Å². The SMILES string of the molecule is Fc1ccc2c(nc(-c3cccnc3OCC3CCCC3)n2Cc2ccccc2)c1F. The first-order valence-corrected chi connectivity index (χ1v) is 10.7. The maximum Gasteiger partial charge on any atom is 0.224 e. The molecule has 0 radical (unpaired) electrons. The first-order chi connectivity index (χ1) is 15.2. The molecule has 0 unspecified atom stereocenters. The molecule has 0 spiro atoms. The van der Waals surface area contributed by atoms with Gasteiger partial charge in [0.15, 0.2) is 11.6 Å². The van der Waals surface area contributed by atoms with Gasteiger partial charge in [0.05, 0.1) is 17.7 Å². The van der Waals surface area contributed by atoms with Gasteiger partial charge in [0.25, 0.3) is 0 Å². The standard InChI is InChI=1S/C25H23F2N3O/c26-20-12-13-21-23(22(20)27)29-24(30(21)15-17-7-2-1-3-8-17)19-11-6-14-28-25(19)31-16-18-9-4-5-10-18/h1-3,6-8,11-14,18H,4-5,9-10,15-16H2. The Balaban J connectivity index is 1.61. The number of halogens is 2. The second kappa shape index (κ2) is 8.46. The number of ether oxygens (including phenoxy) is 1. The van der Waals surface area contributed by atoms with Crippen molar-refractivity contribution in [3.63, 3.8) is 0 Å². The molecule has 0 aliphatic heterocycles. The molecular formula is C25H23F2N3O. The topological polar surface area (TPSA) is 39.9 Å². The number of hydrogen-bond acceptors (Lipinski definition) is 3. The van der Waals surface area contributed by atoms with Crippen LogP contribution >= 0.6 is 0 Å². The summed E-state index contributed by atoms with van der Waals surface area (Å²) in [4.78, 5) is 8.94. The molecule has 4 aromatic rings. The Labute approximate surface area is 179 Å². The number of aromatic nitrogens is 3. The Bertz CT molecular complexity index is 1200. The number of hydrogen-bond donors (Lipinski definition) is 0. The Morgan fingerprint density at radius 1 is 0.968 bits per heavy atom. The molecule has 31 heavy (non-hydrogen) atoms. The molecule has 2 aromatic carbocycles. The predicted molar refractivity (Wildman–Crippen MR) is 116 cm³/mol. The quantitative estimate of drug-likeness (QED) is 0.385. The molecule has 2 aromatic heterocycles. The molecule has 1 fully saturated rings. The molecule has 1 aliphatic carbocycles. The number of imidazole rings is 1. The Morgan fingerprint density at radius 3 is 2.58 bits per heavy atom. The smallest absolute Gasteiger partial charge is 0.224 e. The minimum absolute atomic E-state index is 0.0107. The van der Waals surface area contributed by atoms with Crippen molar-refractivity contribution in [3.05, 3.63) is 78.0 Å². The van der Waals surface area contributed by atoms with Gasteiger partial charge in [0.1, 0.15) is 11.3 Å². The van der Waals surface area contributed by atoms with Gasteiger partial charge in [-0.05, 0) is 48.6 Å². The van der Waals surface area contributed by atoms with Gasteiger partial charge in [0.2, 0.25) is 5.88 Å². The second-order valence-corrected chi connectivity index (χ2v) is 8.05. The fourth-order valence-corrected chi connectivity index (χ4v) is 4.32. The van der Waals surface area contributed by atoms with E-state index in [2.05, 4.69) is 9.97 Å². The van der Waals surface area contributed by atoms with Gasteiger partial charge in [-0.3, -0.25) is 0 Å². The summed E-state index contributed by atoms with van der Waals surface area (Å²) in [7, 11) is 0. The minimum atomic E-state index is -0.942. The largest absolute Gasteiger partial charge is 0.477 e. The van der Waals surface area contributed by atoms with E-state index < -0.39 is 11.6 Å². The molecule has 158 valence electrons. The summed E-state index contributed by atoms with van der Waals surface area (Å²) >= 11 is 0. The van der Waals surface area contributed by atoms with Gasteiger partial charge in [-0.15, -0.1) is 0 Å². The molecule has 2 heterocycles. The van der Waals surface area contributed by atoms with Crippen LogP contribution in [-0.4, -0.2) is 21.1 Å². The highest BCUT2D eigenvalue weighted by Crippen LogP contribution is 2.33. The summed E-state index contributed by atoms with van der Waals surface area (Å²) in [6, 6.07) is 16.2. The highest BCUT2D eigenvalue weighted by Gasteiger charge is 2.22. The lowest BCUT2D eigenvalue weighted by Crippen LogP contribution is -2.10. The normalized spacial score (nSPS) is 14.4. The summed E-state index contributed by atoms with van der Waals surface area (Å²) in [5.41, 5.74) is 2.25. The van der Waals surface area contributed by atoms with Crippen molar-refractivity contribution in [3.8, 4) is 17.3 Å². The molecule has 0 atom stereocenters. The Kier molecular flexibility index (Phi) is 5.37. The highest BCUT2D eigenvalue weighted by molar-refractivity contribution is 5.82. The van der Waals surface area contributed by atoms with Crippen molar-refractivity contribution in [2.45, 2.75) is 32.2 Å². The predicted octanol–water partition coefficient (Wildman–Crippen LogP) is 5.99. The third-order valence-corrected chi connectivity index (χ3v) is 5.94. The van der Waals surface area contributed by atoms with Crippen LogP contribution in [0, 0.1) is 17.6 Å². The van der Waals surface area contributed by atoms with Gasteiger partial charge in [0, 0.05) is 12.7 Å². The van der Waals surface area contributed by atoms with Crippen LogP contribution in [0.3, 0.4) is 0 Å². The molecule has 0 amide bonds. The van der Waals surface area contributed by atoms with Crippen molar-refractivity contribution in [1.82, 2.24) is 14.5 Å². The molecule has 4 nitrogen and oxygen atoms in total. The lowest BCUT2D eigenvalue weighted by Gasteiger charge is -2.15. The van der Waals surface area contributed by atoms with Crippen LogP contribution < -0.4 is 4.74 Å². The number of fused-ring (bicyclic) bond motifs is 1. The maximum absolute atomic E-state index is 14.6. The summed E-state index contributed by atoms with van der Waals surface area (Å²) in [5, 5.41) is 0. The fraction of sp³-hybridized carbons (Fsp3) is 0.280. The van der Waals surface area contributed by atoms with E-state index in [1.807, 2.05) is 41.0 Å². The van der Waals surface area contributed by atoms with E-state index in [4.69, 9.17) is 4.74 Å². The number of pyridine rings is 1. The zero-order chi connectivity index (χ0) is 21.2. The van der Waals surface area contributed by atoms with Crippen LogP contribution in [-0.2, 0) is 6.54 Å². The van der Waals surface area contributed by atoms with Gasteiger partial charge in [-0.25, -0.2) is 18.7 Å². The van der Waals surface area contributed by atoms with Gasteiger partial charge in [-0.1, -0.05) is 43.2 Å². The van der Waals surface area contributed by atoms with Crippen molar-refractivity contribution >= 4 is 11.0 Å².